The third-order valence-corrected chi connectivity index (χ3v) is 5.96. The molecule has 2 aliphatic rings. The van der Waals surface area contributed by atoms with Gasteiger partial charge in [0.1, 0.15) is 0 Å². The Morgan fingerprint density at radius 2 is 1.93 bits per heavy atom. The summed E-state index contributed by atoms with van der Waals surface area (Å²) in [6.45, 7) is 4.02. The van der Waals surface area contributed by atoms with Gasteiger partial charge in [0, 0.05) is 56.0 Å². The van der Waals surface area contributed by atoms with Crippen molar-refractivity contribution in [3.8, 4) is 0 Å². The van der Waals surface area contributed by atoms with Gasteiger partial charge in [-0.1, -0.05) is 35.9 Å². The highest BCUT2D eigenvalue weighted by molar-refractivity contribution is 6.31. The Labute approximate surface area is 182 Å². The molecule has 0 spiro atoms. The fourth-order valence-corrected chi connectivity index (χ4v) is 4.35. The van der Waals surface area contributed by atoms with Crippen LogP contribution in [-0.2, 0) is 20.9 Å². The van der Waals surface area contributed by atoms with Crippen molar-refractivity contribution in [1.29, 1.82) is 0 Å². The first-order chi connectivity index (χ1) is 14.5. The Kier molecular flexibility index (Phi) is 6.25. The predicted molar refractivity (Wildman–Crippen MR) is 118 cm³/mol. The fourth-order valence-electron chi connectivity index (χ4n) is 4.17. The minimum Gasteiger partial charge on any atom is -0.378 e. The lowest BCUT2D eigenvalue weighted by molar-refractivity contribution is -0.135. The van der Waals surface area contributed by atoms with Crippen LogP contribution in [0, 0.1) is 5.92 Å². The minimum absolute atomic E-state index is 0.00958. The van der Waals surface area contributed by atoms with Crippen LogP contribution in [0.3, 0.4) is 0 Å². The van der Waals surface area contributed by atoms with E-state index in [0.717, 1.165) is 30.0 Å². The summed E-state index contributed by atoms with van der Waals surface area (Å²) >= 11 is 6.06. The van der Waals surface area contributed by atoms with Crippen molar-refractivity contribution in [2.24, 2.45) is 5.92 Å². The monoisotopic (exact) mass is 427 g/mol. The molecule has 0 aliphatic carbocycles. The van der Waals surface area contributed by atoms with Crippen molar-refractivity contribution in [3.63, 3.8) is 0 Å². The lowest BCUT2D eigenvalue weighted by Crippen LogP contribution is -2.38. The van der Waals surface area contributed by atoms with Gasteiger partial charge in [-0.25, -0.2) is 0 Å². The number of rotatable bonds is 5. The summed E-state index contributed by atoms with van der Waals surface area (Å²) in [6.07, 6.45) is 0.223. The number of carbonyl (C=O) groups is 2. The van der Waals surface area contributed by atoms with Crippen LogP contribution in [0.1, 0.15) is 12.0 Å². The van der Waals surface area contributed by atoms with Gasteiger partial charge in [0.05, 0.1) is 19.1 Å². The van der Waals surface area contributed by atoms with E-state index in [1.54, 1.807) is 21.9 Å². The Bertz CT molecular complexity index is 929. The molecule has 6 nitrogen and oxygen atoms in total. The topological polar surface area (TPSA) is 53.1 Å². The molecule has 0 aromatic heterocycles. The van der Waals surface area contributed by atoms with Crippen LogP contribution in [0.4, 0.5) is 11.4 Å². The highest BCUT2D eigenvalue weighted by Crippen LogP contribution is 2.29. The van der Waals surface area contributed by atoms with E-state index in [4.69, 9.17) is 16.3 Å². The van der Waals surface area contributed by atoms with Gasteiger partial charge in [-0.15, -0.1) is 0 Å². The SMILES string of the molecule is CN(Cc1ccccc1N1CCOCC1)C(=O)C1CC(=O)N(c2cccc(Cl)c2)C1. The molecule has 7 heteroatoms. The predicted octanol–water partition coefficient (Wildman–Crippen LogP) is 3.19. The summed E-state index contributed by atoms with van der Waals surface area (Å²) in [5.74, 6) is -0.403. The van der Waals surface area contributed by atoms with Crippen LogP contribution in [0.5, 0.6) is 0 Å². The second-order valence-electron chi connectivity index (χ2n) is 7.81. The molecular weight excluding hydrogens is 402 g/mol. The van der Waals surface area contributed by atoms with Crippen molar-refractivity contribution in [2.45, 2.75) is 13.0 Å². The van der Waals surface area contributed by atoms with E-state index in [2.05, 4.69) is 17.0 Å². The van der Waals surface area contributed by atoms with Crippen LogP contribution in [0.2, 0.25) is 5.02 Å². The number of para-hydroxylation sites is 1. The number of anilines is 2. The van der Waals surface area contributed by atoms with Gasteiger partial charge >= 0.3 is 0 Å². The van der Waals surface area contributed by atoms with Gasteiger partial charge < -0.3 is 19.4 Å². The lowest BCUT2D eigenvalue weighted by atomic mass is 10.1. The van der Waals surface area contributed by atoms with Crippen LogP contribution >= 0.6 is 11.6 Å². The third-order valence-electron chi connectivity index (χ3n) is 5.72. The molecule has 2 fully saturated rings. The van der Waals surface area contributed by atoms with E-state index in [1.807, 2.05) is 31.3 Å². The van der Waals surface area contributed by atoms with Crippen LogP contribution in [0.15, 0.2) is 48.5 Å². The van der Waals surface area contributed by atoms with Crippen molar-refractivity contribution < 1.29 is 14.3 Å². The molecule has 2 aromatic rings. The Hall–Kier alpha value is -2.57. The largest absolute Gasteiger partial charge is 0.378 e. The second-order valence-corrected chi connectivity index (χ2v) is 8.24. The number of hydrogen-bond acceptors (Lipinski definition) is 4. The average Bonchev–Trinajstić information content (AvgIpc) is 3.16. The van der Waals surface area contributed by atoms with E-state index in [0.29, 0.717) is 31.3 Å². The van der Waals surface area contributed by atoms with Gasteiger partial charge in [-0.2, -0.15) is 0 Å². The quantitative estimate of drug-likeness (QED) is 0.735. The number of halogens is 1. The molecule has 4 rings (SSSR count). The number of ether oxygens (including phenoxy) is 1. The van der Waals surface area contributed by atoms with Crippen molar-refractivity contribution in [3.05, 3.63) is 59.1 Å². The van der Waals surface area contributed by atoms with Crippen molar-refractivity contribution >= 4 is 34.8 Å². The number of carbonyl (C=O) groups excluding carboxylic acids is 2. The van der Waals surface area contributed by atoms with Gasteiger partial charge in [-0.05, 0) is 29.8 Å². The Morgan fingerprint density at radius 3 is 2.70 bits per heavy atom. The minimum atomic E-state index is -0.350. The van der Waals surface area contributed by atoms with E-state index in [-0.39, 0.29) is 24.2 Å². The molecule has 2 amide bonds. The molecule has 1 unspecified atom stereocenters. The lowest BCUT2D eigenvalue weighted by Gasteiger charge is -2.31. The second kappa shape index (κ2) is 9.06. The smallest absolute Gasteiger partial charge is 0.228 e. The summed E-state index contributed by atoms with van der Waals surface area (Å²) in [5.41, 5.74) is 2.98. The number of hydrogen-bond donors (Lipinski definition) is 0. The van der Waals surface area contributed by atoms with E-state index in [1.165, 1.54) is 0 Å². The fraction of sp³-hybridized carbons (Fsp3) is 0.391. The zero-order chi connectivity index (χ0) is 21.1. The van der Waals surface area contributed by atoms with E-state index >= 15 is 0 Å². The first-order valence-electron chi connectivity index (χ1n) is 10.2. The molecule has 0 N–H and O–H groups in total. The molecular formula is C23H26ClN3O3. The van der Waals surface area contributed by atoms with Gasteiger partial charge in [0.2, 0.25) is 11.8 Å². The molecule has 2 aromatic carbocycles. The standard InChI is InChI=1S/C23H26ClN3O3/c1-25(15-17-5-2-3-8-21(17)26-9-11-30-12-10-26)23(29)18-13-22(28)27(16-18)20-7-4-6-19(24)14-20/h2-8,14,18H,9-13,15-16H2,1H3. The van der Waals surface area contributed by atoms with Crippen molar-refractivity contribution in [1.82, 2.24) is 4.90 Å². The van der Waals surface area contributed by atoms with Crippen molar-refractivity contribution in [2.75, 3.05) is 49.7 Å². The summed E-state index contributed by atoms with van der Waals surface area (Å²) in [4.78, 5) is 31.3. The summed E-state index contributed by atoms with van der Waals surface area (Å²) in [5, 5.41) is 0.576. The number of morpholine rings is 1. The van der Waals surface area contributed by atoms with Crippen LogP contribution in [-0.4, -0.2) is 56.6 Å². The number of amides is 2. The molecule has 30 heavy (non-hydrogen) atoms. The maximum atomic E-state index is 13.1. The molecule has 158 valence electrons. The summed E-state index contributed by atoms with van der Waals surface area (Å²) < 4.78 is 5.46. The molecule has 2 saturated heterocycles. The summed E-state index contributed by atoms with van der Waals surface area (Å²) in [6, 6.07) is 15.4. The normalized spacial score (nSPS) is 19.3. The van der Waals surface area contributed by atoms with E-state index < -0.39 is 0 Å². The van der Waals surface area contributed by atoms with E-state index in [9.17, 15) is 9.59 Å². The molecule has 1 atom stereocenters. The van der Waals surface area contributed by atoms with Crippen LogP contribution in [0.25, 0.3) is 0 Å². The first-order valence-corrected chi connectivity index (χ1v) is 10.6. The highest BCUT2D eigenvalue weighted by Gasteiger charge is 2.36. The van der Waals surface area contributed by atoms with Crippen LogP contribution < -0.4 is 9.80 Å². The van der Waals surface area contributed by atoms with Gasteiger partial charge in [-0.3, -0.25) is 9.59 Å². The molecule has 0 radical (unpaired) electrons. The Morgan fingerprint density at radius 1 is 1.17 bits per heavy atom. The first kappa shape index (κ1) is 20.7. The highest BCUT2D eigenvalue weighted by atomic mass is 35.5. The summed E-state index contributed by atoms with van der Waals surface area (Å²) in [7, 11) is 1.81. The maximum Gasteiger partial charge on any atom is 0.228 e. The Balaban J connectivity index is 1.44. The molecule has 2 heterocycles. The third kappa shape index (κ3) is 4.45. The number of nitrogens with zero attached hydrogens (tertiary/aromatic N) is 3. The maximum absolute atomic E-state index is 13.1. The molecule has 0 saturated carbocycles. The molecule has 2 aliphatic heterocycles. The zero-order valence-electron chi connectivity index (χ0n) is 17.1. The average molecular weight is 428 g/mol. The van der Waals surface area contributed by atoms with Gasteiger partial charge in [0.15, 0.2) is 0 Å². The number of benzene rings is 2. The van der Waals surface area contributed by atoms with Gasteiger partial charge in [0.25, 0.3) is 0 Å². The molecule has 0 bridgehead atoms. The zero-order valence-corrected chi connectivity index (χ0v) is 17.8.